The average Bonchev–Trinajstić information content (AvgIpc) is 3.18. The monoisotopic (exact) mass is 495 g/mol. The minimum absolute atomic E-state index is 0.120. The van der Waals surface area contributed by atoms with E-state index in [1.165, 1.54) is 11.7 Å². The van der Waals surface area contributed by atoms with Gasteiger partial charge in [0.2, 0.25) is 5.82 Å². The number of esters is 1. The lowest BCUT2D eigenvalue weighted by molar-refractivity contribution is -0.141. The summed E-state index contributed by atoms with van der Waals surface area (Å²) < 4.78 is 6.27. The Morgan fingerprint density at radius 2 is 2.07 bits per heavy atom. The third kappa shape index (κ3) is 4.33. The number of aromatic nitrogens is 5. The van der Waals surface area contributed by atoms with Crippen LogP contribution in [0.25, 0.3) is 11.5 Å². The van der Waals surface area contributed by atoms with Crippen molar-refractivity contribution >= 4 is 43.6 Å². The molecule has 0 amide bonds. The smallest absolute Gasteiger partial charge is 0.302 e. The van der Waals surface area contributed by atoms with Crippen molar-refractivity contribution in [2.75, 3.05) is 6.61 Å². The number of hydrogen-bond donors (Lipinski definition) is 1. The van der Waals surface area contributed by atoms with E-state index in [2.05, 4.69) is 52.3 Å². The Hall–Kier alpha value is -2.33. The van der Waals surface area contributed by atoms with E-state index in [1.807, 2.05) is 19.1 Å². The lowest BCUT2D eigenvalue weighted by atomic mass is 10.0. The molecule has 10 heteroatoms. The minimum atomic E-state index is -0.367. The first-order chi connectivity index (χ1) is 12.9. The molecule has 1 aromatic carbocycles. The fourth-order valence-electron chi connectivity index (χ4n) is 2.50. The maximum absolute atomic E-state index is 12.9. The molecular weight excluding hydrogens is 482 g/mol. The largest absolute Gasteiger partial charge is 0.464 e. The average molecular weight is 497 g/mol. The normalized spacial score (nSPS) is 10.8. The number of H-pyrrole nitrogens is 1. The molecule has 0 unspecified atom stereocenters. The van der Waals surface area contributed by atoms with Gasteiger partial charge >= 0.3 is 5.97 Å². The second-order valence-corrected chi connectivity index (χ2v) is 7.41. The molecule has 0 spiro atoms. The molecule has 0 bridgehead atoms. The highest BCUT2D eigenvalue weighted by atomic mass is 79.9. The van der Waals surface area contributed by atoms with Crippen LogP contribution in [0.2, 0.25) is 0 Å². The van der Waals surface area contributed by atoms with Gasteiger partial charge in [0.05, 0.1) is 16.6 Å². The summed E-state index contributed by atoms with van der Waals surface area (Å²) in [6.45, 7) is 3.59. The Morgan fingerprint density at radius 1 is 1.30 bits per heavy atom. The van der Waals surface area contributed by atoms with Gasteiger partial charge in [-0.1, -0.05) is 28.1 Å². The fraction of sp³-hybridized carbons (Fsp3) is 0.235. The molecule has 0 aliphatic heterocycles. The molecule has 2 heterocycles. The van der Waals surface area contributed by atoms with Crippen LogP contribution in [-0.2, 0) is 16.1 Å². The number of nitrogens with one attached hydrogen (secondary N) is 1. The number of carbonyl (C=O) groups is 2. The topological polar surface area (TPSA) is 103 Å². The summed E-state index contributed by atoms with van der Waals surface area (Å²) >= 11 is 6.87. The van der Waals surface area contributed by atoms with Crippen molar-refractivity contribution in [2.45, 2.75) is 20.4 Å². The van der Waals surface area contributed by atoms with Crippen molar-refractivity contribution in [3.8, 4) is 11.5 Å². The molecule has 8 nitrogen and oxygen atoms in total. The second kappa shape index (κ2) is 8.13. The SMILES string of the molecule is CC(=O)OCCn1nnc(-c2[nH]c(C)c(C(=O)c3cccc(Br)c3)c2Br)n1. The molecule has 0 fully saturated rings. The molecule has 0 aliphatic rings. The van der Waals surface area contributed by atoms with Gasteiger partial charge < -0.3 is 9.72 Å². The maximum Gasteiger partial charge on any atom is 0.302 e. The summed E-state index contributed by atoms with van der Waals surface area (Å²) in [5.41, 5.74) is 2.33. The third-order valence-corrected chi connectivity index (χ3v) is 5.00. The molecule has 2 aromatic heterocycles. The van der Waals surface area contributed by atoms with Crippen LogP contribution in [0.15, 0.2) is 33.2 Å². The quantitative estimate of drug-likeness (QED) is 0.415. The molecule has 0 atom stereocenters. The molecule has 0 aliphatic carbocycles. The van der Waals surface area contributed by atoms with Gasteiger partial charge in [0.15, 0.2) is 5.78 Å². The zero-order valence-electron chi connectivity index (χ0n) is 14.5. The third-order valence-electron chi connectivity index (χ3n) is 3.71. The van der Waals surface area contributed by atoms with Crippen LogP contribution in [0.5, 0.6) is 0 Å². The molecule has 27 heavy (non-hydrogen) atoms. The predicted octanol–water partition coefficient (Wildman–Crippen LogP) is 3.30. The van der Waals surface area contributed by atoms with Crippen molar-refractivity contribution in [1.82, 2.24) is 25.2 Å². The second-order valence-electron chi connectivity index (χ2n) is 5.70. The van der Waals surface area contributed by atoms with Crippen molar-refractivity contribution in [3.05, 3.63) is 50.0 Å². The van der Waals surface area contributed by atoms with E-state index in [9.17, 15) is 9.59 Å². The number of aryl methyl sites for hydroxylation is 1. The van der Waals surface area contributed by atoms with Crippen LogP contribution in [0.3, 0.4) is 0 Å². The van der Waals surface area contributed by atoms with Crippen LogP contribution < -0.4 is 0 Å². The van der Waals surface area contributed by atoms with Crippen LogP contribution in [0.4, 0.5) is 0 Å². The van der Waals surface area contributed by atoms with Gasteiger partial charge in [-0.05, 0) is 40.2 Å². The van der Waals surface area contributed by atoms with Gasteiger partial charge in [0, 0.05) is 22.7 Å². The number of hydrogen-bond acceptors (Lipinski definition) is 6. The zero-order chi connectivity index (χ0) is 19.6. The number of carbonyl (C=O) groups excluding carboxylic acids is 2. The van der Waals surface area contributed by atoms with Gasteiger partial charge in [-0.25, -0.2) is 0 Å². The van der Waals surface area contributed by atoms with Gasteiger partial charge in [0.25, 0.3) is 0 Å². The number of ether oxygens (including phenoxy) is 1. The first kappa shape index (κ1) is 19.4. The Kier molecular flexibility index (Phi) is 5.85. The molecular formula is C17H15Br2N5O3. The Labute approximate surface area is 171 Å². The Balaban J connectivity index is 1.87. The summed E-state index contributed by atoms with van der Waals surface area (Å²) in [6.07, 6.45) is 0. The molecule has 140 valence electrons. The van der Waals surface area contributed by atoms with E-state index in [0.717, 1.165) is 4.47 Å². The Bertz CT molecular complexity index is 1010. The highest BCUT2D eigenvalue weighted by Crippen LogP contribution is 2.32. The van der Waals surface area contributed by atoms with Crippen LogP contribution in [0, 0.1) is 6.92 Å². The number of aromatic amines is 1. The molecule has 0 radical (unpaired) electrons. The van der Waals surface area contributed by atoms with E-state index in [1.54, 1.807) is 12.1 Å². The highest BCUT2D eigenvalue weighted by Gasteiger charge is 2.23. The van der Waals surface area contributed by atoms with Gasteiger partial charge in [0.1, 0.15) is 12.3 Å². The van der Waals surface area contributed by atoms with Crippen molar-refractivity contribution in [1.29, 1.82) is 0 Å². The molecule has 3 rings (SSSR count). The van der Waals surface area contributed by atoms with Gasteiger partial charge in [-0.3, -0.25) is 9.59 Å². The summed E-state index contributed by atoms with van der Waals surface area (Å²) in [6, 6.07) is 7.20. The van der Waals surface area contributed by atoms with Crippen LogP contribution in [0.1, 0.15) is 28.5 Å². The maximum atomic E-state index is 12.9. The van der Waals surface area contributed by atoms with E-state index < -0.39 is 0 Å². The molecule has 3 aromatic rings. The lowest BCUT2D eigenvalue weighted by Gasteiger charge is -2.02. The standard InChI is InChI=1S/C17H15Br2N5O3/c1-9-13(16(26)11-4-3-5-12(18)8-11)14(19)15(20-9)17-21-23-24(22-17)6-7-27-10(2)25/h3-5,8,20H,6-7H2,1-2H3. The van der Waals surface area contributed by atoms with Crippen LogP contribution >= 0.6 is 31.9 Å². The molecule has 1 N–H and O–H groups in total. The summed E-state index contributed by atoms with van der Waals surface area (Å²) in [4.78, 5) is 28.2. The number of rotatable bonds is 6. The summed E-state index contributed by atoms with van der Waals surface area (Å²) in [5.74, 6) is -0.153. The highest BCUT2D eigenvalue weighted by molar-refractivity contribution is 9.11. The van der Waals surface area contributed by atoms with E-state index in [-0.39, 0.29) is 24.9 Å². The predicted molar refractivity (Wildman–Crippen MR) is 104 cm³/mol. The fourth-order valence-corrected chi connectivity index (χ4v) is 3.65. The summed E-state index contributed by atoms with van der Waals surface area (Å²) in [7, 11) is 0. The van der Waals surface area contributed by atoms with Crippen molar-refractivity contribution in [2.24, 2.45) is 0 Å². The van der Waals surface area contributed by atoms with Gasteiger partial charge in [-0.2, -0.15) is 4.80 Å². The molecule has 0 saturated carbocycles. The number of halogens is 2. The first-order valence-electron chi connectivity index (χ1n) is 7.96. The number of nitrogens with zero attached hydrogens (tertiary/aromatic N) is 4. The first-order valence-corrected chi connectivity index (χ1v) is 9.55. The van der Waals surface area contributed by atoms with E-state index in [0.29, 0.717) is 32.8 Å². The molecule has 0 saturated heterocycles. The lowest BCUT2D eigenvalue weighted by Crippen LogP contribution is -2.11. The zero-order valence-corrected chi connectivity index (χ0v) is 17.7. The number of tetrazole rings is 1. The van der Waals surface area contributed by atoms with Crippen LogP contribution in [-0.4, -0.2) is 43.6 Å². The number of ketones is 1. The minimum Gasteiger partial charge on any atom is -0.464 e. The van der Waals surface area contributed by atoms with Crippen molar-refractivity contribution in [3.63, 3.8) is 0 Å². The Morgan fingerprint density at radius 3 is 2.78 bits per heavy atom. The number of benzene rings is 1. The van der Waals surface area contributed by atoms with Gasteiger partial charge in [-0.15, -0.1) is 10.2 Å². The van der Waals surface area contributed by atoms with E-state index in [4.69, 9.17) is 4.74 Å². The van der Waals surface area contributed by atoms with E-state index >= 15 is 0 Å². The summed E-state index contributed by atoms with van der Waals surface area (Å²) in [5, 5.41) is 12.2. The van der Waals surface area contributed by atoms with Crippen molar-refractivity contribution < 1.29 is 14.3 Å².